The smallest absolute Gasteiger partial charge is 0.401 e. The first kappa shape index (κ1) is 26.9. The molecular formula is C26H38F3N5O2. The van der Waals surface area contributed by atoms with Gasteiger partial charge in [0.15, 0.2) is 0 Å². The Hall–Kier alpha value is -2.14. The van der Waals surface area contributed by atoms with E-state index in [1.54, 1.807) is 0 Å². The van der Waals surface area contributed by atoms with Crippen molar-refractivity contribution >= 4 is 11.5 Å². The molecule has 2 saturated heterocycles. The van der Waals surface area contributed by atoms with Gasteiger partial charge < -0.3 is 9.14 Å². The molecule has 0 spiro atoms. The van der Waals surface area contributed by atoms with E-state index in [-0.39, 0.29) is 24.2 Å². The summed E-state index contributed by atoms with van der Waals surface area (Å²) in [7, 11) is 0. The number of alkyl halides is 3. The summed E-state index contributed by atoms with van der Waals surface area (Å²) in [5.41, 5.74) is 11.1. The van der Waals surface area contributed by atoms with Crippen LogP contribution in [0.25, 0.3) is 5.52 Å². The number of piperazine rings is 1. The fraction of sp³-hybridized carbons (Fsp3) is 0.654. The lowest BCUT2D eigenvalue weighted by Crippen LogP contribution is -2.49. The molecule has 0 radical (unpaired) electrons. The molecule has 36 heavy (non-hydrogen) atoms. The van der Waals surface area contributed by atoms with E-state index in [2.05, 4.69) is 40.1 Å². The van der Waals surface area contributed by atoms with Crippen molar-refractivity contribution in [1.82, 2.24) is 25.1 Å². The second-order valence-corrected chi connectivity index (χ2v) is 10.5. The standard InChI is InChI=1S/C26H38F3N5O2/c1-16(2)36-25(35)21-14-23-20(22-7-6-17(3)30-31-22)8-9-34(23)24(18(21)4)19(5)33-12-10-32(11-13-33)15-26(27,28)29/h8-9,14,16-17,19,22,30-31H,6-7,10-13,15H2,1-5H3. The van der Waals surface area contributed by atoms with Gasteiger partial charge >= 0.3 is 12.1 Å². The van der Waals surface area contributed by atoms with Crippen molar-refractivity contribution in [3.8, 4) is 0 Å². The number of nitrogens with one attached hydrogen (secondary N) is 2. The van der Waals surface area contributed by atoms with E-state index in [0.29, 0.717) is 37.8 Å². The highest BCUT2D eigenvalue weighted by atomic mass is 19.4. The third kappa shape index (κ3) is 5.88. The van der Waals surface area contributed by atoms with Crippen LogP contribution in [0.2, 0.25) is 0 Å². The average Bonchev–Trinajstić information content (AvgIpc) is 3.21. The van der Waals surface area contributed by atoms with E-state index < -0.39 is 12.7 Å². The minimum Gasteiger partial charge on any atom is -0.459 e. The molecule has 0 aromatic carbocycles. The highest BCUT2D eigenvalue weighted by Gasteiger charge is 2.34. The highest BCUT2D eigenvalue weighted by Crippen LogP contribution is 2.34. The Kier molecular flexibility index (Phi) is 7.99. The van der Waals surface area contributed by atoms with E-state index in [9.17, 15) is 18.0 Å². The zero-order valence-corrected chi connectivity index (χ0v) is 21.8. The molecule has 3 unspecified atom stereocenters. The maximum atomic E-state index is 13.1. The topological polar surface area (TPSA) is 61.2 Å². The first-order valence-corrected chi connectivity index (χ1v) is 12.8. The van der Waals surface area contributed by atoms with Crippen molar-refractivity contribution in [2.45, 2.75) is 77.9 Å². The molecule has 3 atom stereocenters. The summed E-state index contributed by atoms with van der Waals surface area (Å²) in [4.78, 5) is 16.8. The summed E-state index contributed by atoms with van der Waals surface area (Å²) in [6, 6.07) is 4.42. The lowest BCUT2D eigenvalue weighted by molar-refractivity contribution is -0.149. The normalized spacial score (nSPS) is 23.4. The van der Waals surface area contributed by atoms with Crippen molar-refractivity contribution < 1.29 is 22.7 Å². The lowest BCUT2D eigenvalue weighted by atomic mass is 9.96. The largest absolute Gasteiger partial charge is 0.459 e. The van der Waals surface area contributed by atoms with Crippen LogP contribution in [0.5, 0.6) is 0 Å². The zero-order valence-electron chi connectivity index (χ0n) is 21.8. The molecule has 10 heteroatoms. The van der Waals surface area contributed by atoms with Gasteiger partial charge in [-0.1, -0.05) is 0 Å². The summed E-state index contributed by atoms with van der Waals surface area (Å²) in [5.74, 6) is -0.357. The van der Waals surface area contributed by atoms with Gasteiger partial charge in [0.05, 0.1) is 23.7 Å². The molecular weight excluding hydrogens is 471 g/mol. The maximum absolute atomic E-state index is 13.1. The number of fused-ring (bicyclic) bond motifs is 1. The molecule has 0 bridgehead atoms. The van der Waals surface area contributed by atoms with Gasteiger partial charge in [0.25, 0.3) is 0 Å². The monoisotopic (exact) mass is 509 g/mol. The molecule has 0 amide bonds. The molecule has 2 N–H and O–H groups in total. The zero-order chi connectivity index (χ0) is 26.2. The van der Waals surface area contributed by atoms with Crippen molar-refractivity contribution in [3.05, 3.63) is 40.7 Å². The SMILES string of the molecule is Cc1c(C(=O)OC(C)C)cc2c(C3CCC(C)NN3)ccn2c1C(C)N1CCN(CC(F)(F)F)CC1. The molecule has 2 aromatic heterocycles. The highest BCUT2D eigenvalue weighted by molar-refractivity contribution is 5.93. The van der Waals surface area contributed by atoms with Crippen LogP contribution >= 0.6 is 0 Å². The van der Waals surface area contributed by atoms with E-state index in [0.717, 1.165) is 35.2 Å². The number of esters is 1. The quantitative estimate of drug-likeness (QED) is 0.564. The maximum Gasteiger partial charge on any atom is 0.401 e. The number of hydrogen-bond donors (Lipinski definition) is 2. The molecule has 2 aliphatic heterocycles. The number of nitrogens with zero attached hydrogens (tertiary/aromatic N) is 3. The third-order valence-corrected chi connectivity index (χ3v) is 7.37. The Balaban J connectivity index is 1.69. The summed E-state index contributed by atoms with van der Waals surface area (Å²) in [5, 5.41) is 0. The van der Waals surface area contributed by atoms with Gasteiger partial charge in [-0.3, -0.25) is 20.7 Å². The molecule has 2 fully saturated rings. The number of pyridine rings is 1. The number of rotatable bonds is 6. The minimum atomic E-state index is -4.19. The van der Waals surface area contributed by atoms with E-state index in [1.807, 2.05) is 33.0 Å². The fourth-order valence-corrected chi connectivity index (χ4v) is 5.46. The van der Waals surface area contributed by atoms with Crippen LogP contribution in [0, 0.1) is 6.92 Å². The summed E-state index contributed by atoms with van der Waals surface area (Å²) in [6.45, 7) is 10.7. The Morgan fingerprint density at radius 3 is 2.42 bits per heavy atom. The molecule has 200 valence electrons. The molecule has 0 saturated carbocycles. The van der Waals surface area contributed by atoms with Gasteiger partial charge in [0, 0.05) is 56.2 Å². The van der Waals surface area contributed by atoms with Crippen molar-refractivity contribution in [2.75, 3.05) is 32.7 Å². The number of carbonyl (C=O) groups is 1. The third-order valence-electron chi connectivity index (χ3n) is 7.37. The Bertz CT molecular complexity index is 1070. The number of hydrazine groups is 1. The van der Waals surface area contributed by atoms with Crippen molar-refractivity contribution in [3.63, 3.8) is 0 Å². The number of halogens is 3. The molecule has 4 heterocycles. The van der Waals surface area contributed by atoms with Gasteiger partial charge in [-0.15, -0.1) is 0 Å². The summed E-state index contributed by atoms with van der Waals surface area (Å²) < 4.78 is 46.3. The predicted molar refractivity (Wildman–Crippen MR) is 133 cm³/mol. The molecule has 7 nitrogen and oxygen atoms in total. The van der Waals surface area contributed by atoms with E-state index in [4.69, 9.17) is 4.74 Å². The molecule has 0 aliphatic carbocycles. The van der Waals surface area contributed by atoms with Crippen LogP contribution < -0.4 is 10.9 Å². The van der Waals surface area contributed by atoms with Crippen LogP contribution in [0.15, 0.2) is 18.3 Å². The van der Waals surface area contributed by atoms with Crippen molar-refractivity contribution in [2.24, 2.45) is 0 Å². The number of carbonyl (C=O) groups excluding carboxylic acids is 1. The Labute approximate surface area is 210 Å². The average molecular weight is 510 g/mol. The van der Waals surface area contributed by atoms with Crippen LogP contribution in [-0.2, 0) is 4.74 Å². The second-order valence-electron chi connectivity index (χ2n) is 10.5. The second kappa shape index (κ2) is 10.7. The minimum absolute atomic E-state index is 0.0925. The summed E-state index contributed by atoms with van der Waals surface area (Å²) in [6.07, 6.45) is -0.384. The predicted octanol–water partition coefficient (Wildman–Crippen LogP) is 4.37. The molecule has 2 aromatic rings. The van der Waals surface area contributed by atoms with E-state index in [1.165, 1.54) is 4.90 Å². The van der Waals surface area contributed by atoms with Gasteiger partial charge in [-0.05, 0) is 70.7 Å². The van der Waals surface area contributed by atoms with Gasteiger partial charge in [-0.2, -0.15) is 13.2 Å². The van der Waals surface area contributed by atoms with Gasteiger partial charge in [-0.25, -0.2) is 4.79 Å². The number of ether oxygens (including phenoxy) is 1. The Morgan fingerprint density at radius 2 is 1.83 bits per heavy atom. The summed E-state index contributed by atoms with van der Waals surface area (Å²) >= 11 is 0. The van der Waals surface area contributed by atoms with Gasteiger partial charge in [0.2, 0.25) is 0 Å². The number of aromatic nitrogens is 1. The van der Waals surface area contributed by atoms with Crippen LogP contribution in [0.3, 0.4) is 0 Å². The van der Waals surface area contributed by atoms with Crippen LogP contribution in [0.1, 0.15) is 79.8 Å². The Morgan fingerprint density at radius 1 is 1.14 bits per heavy atom. The lowest BCUT2D eigenvalue weighted by Gasteiger charge is -2.39. The number of hydrogen-bond acceptors (Lipinski definition) is 6. The van der Waals surface area contributed by atoms with Crippen molar-refractivity contribution in [1.29, 1.82) is 0 Å². The molecule has 4 rings (SSSR count). The van der Waals surface area contributed by atoms with Crippen LogP contribution in [0.4, 0.5) is 13.2 Å². The molecule has 2 aliphatic rings. The van der Waals surface area contributed by atoms with Gasteiger partial charge in [0.1, 0.15) is 0 Å². The van der Waals surface area contributed by atoms with Crippen LogP contribution in [-0.4, -0.2) is 71.2 Å². The first-order valence-electron chi connectivity index (χ1n) is 12.8. The fourth-order valence-electron chi connectivity index (χ4n) is 5.46. The van der Waals surface area contributed by atoms with E-state index >= 15 is 0 Å². The first-order chi connectivity index (χ1) is 16.9.